The average molecular weight is 307 g/mol. The Hall–Kier alpha value is -0.910. The number of aliphatic hydroxyl groups is 1. The second-order valence-electron chi connectivity index (χ2n) is 7.21. The first-order valence-corrected chi connectivity index (χ1v) is 8.68. The van der Waals surface area contributed by atoms with Crippen LogP contribution in [0, 0.1) is 5.92 Å². The Kier molecular flexibility index (Phi) is 5.16. The lowest BCUT2D eigenvalue weighted by Crippen LogP contribution is -2.60. The number of aromatic nitrogens is 1. The molecule has 1 N–H and O–H groups in total. The summed E-state index contributed by atoms with van der Waals surface area (Å²) >= 11 is 0. The molecule has 0 aromatic carbocycles. The van der Waals surface area contributed by atoms with E-state index >= 15 is 0 Å². The van der Waals surface area contributed by atoms with Crippen molar-refractivity contribution in [2.45, 2.75) is 51.6 Å². The van der Waals surface area contributed by atoms with Gasteiger partial charge in [-0.1, -0.05) is 19.0 Å². The fourth-order valence-corrected chi connectivity index (χ4v) is 3.59. The molecule has 0 saturated carbocycles. The van der Waals surface area contributed by atoms with Crippen LogP contribution in [0.15, 0.2) is 10.6 Å². The molecule has 1 aromatic rings. The van der Waals surface area contributed by atoms with E-state index in [0.29, 0.717) is 18.6 Å². The van der Waals surface area contributed by atoms with Gasteiger partial charge in [-0.15, -0.1) is 0 Å². The molecule has 1 aromatic heterocycles. The molecule has 2 fully saturated rings. The van der Waals surface area contributed by atoms with E-state index in [1.807, 2.05) is 0 Å². The van der Waals surface area contributed by atoms with Crippen molar-refractivity contribution in [3.8, 4) is 0 Å². The summed E-state index contributed by atoms with van der Waals surface area (Å²) in [7, 11) is 0. The smallest absolute Gasteiger partial charge is 0.150 e. The van der Waals surface area contributed by atoms with Crippen LogP contribution < -0.4 is 0 Å². The van der Waals surface area contributed by atoms with Gasteiger partial charge in [0.2, 0.25) is 0 Å². The van der Waals surface area contributed by atoms with Gasteiger partial charge in [0.05, 0.1) is 12.2 Å². The van der Waals surface area contributed by atoms with Crippen LogP contribution in [0.5, 0.6) is 0 Å². The normalized spacial score (nSPS) is 22.4. The van der Waals surface area contributed by atoms with Crippen molar-refractivity contribution in [1.82, 2.24) is 15.0 Å². The maximum atomic E-state index is 9.03. The Morgan fingerprint density at radius 1 is 1.32 bits per heavy atom. The van der Waals surface area contributed by atoms with E-state index in [9.17, 15) is 0 Å². The number of likely N-dealkylation sites (tertiary alicyclic amines) is 2. The van der Waals surface area contributed by atoms with Crippen molar-refractivity contribution < 1.29 is 9.63 Å². The van der Waals surface area contributed by atoms with Crippen molar-refractivity contribution in [2.75, 3.05) is 32.8 Å². The van der Waals surface area contributed by atoms with E-state index in [0.717, 1.165) is 43.4 Å². The van der Waals surface area contributed by atoms with E-state index in [-0.39, 0.29) is 0 Å². The summed E-state index contributed by atoms with van der Waals surface area (Å²) in [5, 5.41) is 13.2. The summed E-state index contributed by atoms with van der Waals surface area (Å²) in [6, 6.07) is 2.81. The molecule has 0 spiro atoms. The first kappa shape index (κ1) is 16.0. The predicted octanol–water partition coefficient (Wildman–Crippen LogP) is 2.08. The summed E-state index contributed by atoms with van der Waals surface area (Å²) in [6.07, 6.45) is 3.47. The highest BCUT2D eigenvalue weighted by atomic mass is 16.5. The highest BCUT2D eigenvalue weighted by Crippen LogP contribution is 2.26. The molecule has 5 nitrogen and oxygen atoms in total. The second-order valence-corrected chi connectivity index (χ2v) is 7.21. The third kappa shape index (κ3) is 3.70. The number of hydrogen-bond donors (Lipinski definition) is 1. The molecule has 0 atom stereocenters. The van der Waals surface area contributed by atoms with Gasteiger partial charge >= 0.3 is 0 Å². The molecule has 2 aliphatic heterocycles. The maximum Gasteiger partial charge on any atom is 0.150 e. The molecule has 124 valence electrons. The van der Waals surface area contributed by atoms with Crippen molar-refractivity contribution in [2.24, 2.45) is 5.92 Å². The molecule has 0 bridgehead atoms. The highest BCUT2D eigenvalue weighted by Gasteiger charge is 2.34. The van der Waals surface area contributed by atoms with Crippen LogP contribution in [0.1, 0.15) is 50.5 Å². The molecule has 3 heterocycles. The van der Waals surface area contributed by atoms with Gasteiger partial charge in [0.15, 0.2) is 5.76 Å². The maximum absolute atomic E-state index is 9.03. The van der Waals surface area contributed by atoms with Gasteiger partial charge in [0.25, 0.3) is 0 Å². The van der Waals surface area contributed by atoms with E-state index in [1.165, 1.54) is 25.9 Å². The van der Waals surface area contributed by atoms with Crippen LogP contribution in [0.25, 0.3) is 0 Å². The Morgan fingerprint density at radius 2 is 2.05 bits per heavy atom. The minimum absolute atomic E-state index is 0.345. The van der Waals surface area contributed by atoms with E-state index in [2.05, 4.69) is 34.9 Å². The van der Waals surface area contributed by atoms with Gasteiger partial charge < -0.3 is 9.63 Å². The Bertz CT molecular complexity index is 460. The first-order chi connectivity index (χ1) is 10.7. The third-order valence-electron chi connectivity index (χ3n) is 5.19. The number of hydrogen-bond acceptors (Lipinski definition) is 5. The zero-order chi connectivity index (χ0) is 15.5. The van der Waals surface area contributed by atoms with Crippen LogP contribution >= 0.6 is 0 Å². The Morgan fingerprint density at radius 3 is 2.64 bits per heavy atom. The Balaban J connectivity index is 1.39. The van der Waals surface area contributed by atoms with E-state index < -0.39 is 0 Å². The van der Waals surface area contributed by atoms with Crippen LogP contribution in [-0.2, 0) is 6.54 Å². The van der Waals surface area contributed by atoms with Gasteiger partial charge in [-0.05, 0) is 44.2 Å². The molecule has 0 aliphatic carbocycles. The van der Waals surface area contributed by atoms with Crippen LogP contribution in [0.2, 0.25) is 0 Å². The van der Waals surface area contributed by atoms with Crippen LogP contribution in [-0.4, -0.2) is 58.9 Å². The fourth-order valence-electron chi connectivity index (χ4n) is 3.59. The molecule has 0 radical (unpaired) electrons. The van der Waals surface area contributed by atoms with E-state index in [1.54, 1.807) is 0 Å². The van der Waals surface area contributed by atoms with Crippen LogP contribution in [0.3, 0.4) is 0 Å². The van der Waals surface area contributed by atoms with Gasteiger partial charge in [-0.25, -0.2) is 0 Å². The van der Waals surface area contributed by atoms with Crippen molar-refractivity contribution in [3.05, 3.63) is 17.5 Å². The zero-order valence-corrected chi connectivity index (χ0v) is 13.9. The molecule has 22 heavy (non-hydrogen) atoms. The minimum Gasteiger partial charge on any atom is -0.396 e. The summed E-state index contributed by atoms with van der Waals surface area (Å²) in [5.74, 6) is 2.16. The lowest BCUT2D eigenvalue weighted by molar-refractivity contribution is 0.00415. The predicted molar refractivity (Wildman–Crippen MR) is 85.7 cm³/mol. The molecule has 0 amide bonds. The molecular weight excluding hydrogens is 278 g/mol. The average Bonchev–Trinajstić information content (AvgIpc) is 2.93. The number of rotatable bonds is 6. The zero-order valence-electron chi connectivity index (χ0n) is 13.9. The summed E-state index contributed by atoms with van der Waals surface area (Å²) in [6.45, 7) is 10.2. The lowest BCUT2D eigenvalue weighted by Gasteiger charge is -2.47. The SMILES string of the molecule is CC(C)c1cc(CN2CC(N3CCC(CCO)CC3)C2)on1. The van der Waals surface area contributed by atoms with Crippen molar-refractivity contribution in [3.63, 3.8) is 0 Å². The summed E-state index contributed by atoms with van der Waals surface area (Å²) in [5.41, 5.74) is 1.05. The second kappa shape index (κ2) is 7.11. The quantitative estimate of drug-likeness (QED) is 0.872. The molecule has 2 saturated heterocycles. The van der Waals surface area contributed by atoms with Gasteiger partial charge in [-0.2, -0.15) is 0 Å². The van der Waals surface area contributed by atoms with Gasteiger partial charge in [0.1, 0.15) is 0 Å². The van der Waals surface area contributed by atoms with Gasteiger partial charge in [-0.3, -0.25) is 9.80 Å². The molecule has 3 rings (SSSR count). The van der Waals surface area contributed by atoms with Crippen molar-refractivity contribution in [1.29, 1.82) is 0 Å². The standard InChI is InChI=1S/C17H29N3O2/c1-13(2)17-9-16(22-18-17)12-19-10-15(11-19)20-6-3-14(4-7-20)5-8-21/h9,13-15,21H,3-8,10-12H2,1-2H3. The first-order valence-electron chi connectivity index (χ1n) is 8.68. The molecule has 2 aliphatic rings. The lowest BCUT2D eigenvalue weighted by atomic mass is 9.92. The fraction of sp³-hybridized carbons (Fsp3) is 0.824. The van der Waals surface area contributed by atoms with Gasteiger partial charge in [0, 0.05) is 31.8 Å². The monoisotopic (exact) mass is 307 g/mol. The topological polar surface area (TPSA) is 52.7 Å². The summed E-state index contributed by atoms with van der Waals surface area (Å²) < 4.78 is 5.43. The van der Waals surface area contributed by atoms with Crippen molar-refractivity contribution >= 4 is 0 Å². The Labute approximate surface area is 133 Å². The minimum atomic E-state index is 0.345. The van der Waals surface area contributed by atoms with Crippen LogP contribution in [0.4, 0.5) is 0 Å². The summed E-state index contributed by atoms with van der Waals surface area (Å²) in [4.78, 5) is 5.07. The number of aliphatic hydroxyl groups excluding tert-OH is 1. The number of nitrogens with zero attached hydrogens (tertiary/aromatic N) is 3. The highest BCUT2D eigenvalue weighted by molar-refractivity contribution is 5.09. The molecule has 5 heteroatoms. The largest absolute Gasteiger partial charge is 0.396 e. The third-order valence-corrected chi connectivity index (χ3v) is 5.19. The number of piperidine rings is 1. The molecular formula is C17H29N3O2. The van der Waals surface area contributed by atoms with E-state index in [4.69, 9.17) is 9.63 Å². The molecule has 0 unspecified atom stereocenters.